The molecule has 0 aliphatic heterocycles. The van der Waals surface area contributed by atoms with Crippen molar-refractivity contribution in [1.29, 1.82) is 0 Å². The Morgan fingerprint density at radius 2 is 1.70 bits per heavy atom. The minimum atomic E-state index is -3.52. The largest absolute Gasteiger partial charge is 0.493 e. The minimum Gasteiger partial charge on any atom is -0.493 e. The smallest absolute Gasteiger partial charge is 0.338 e. The summed E-state index contributed by atoms with van der Waals surface area (Å²) in [7, 11) is -3.52. The number of benzene rings is 2. The van der Waals surface area contributed by atoms with E-state index < -0.39 is 16.0 Å². The molecule has 0 saturated heterocycles. The predicted octanol–water partition coefficient (Wildman–Crippen LogP) is 3.41. The zero-order chi connectivity index (χ0) is 19.3. The van der Waals surface area contributed by atoms with Gasteiger partial charge in [-0.15, -0.1) is 0 Å². The zero-order valence-corrected chi connectivity index (χ0v) is 16.1. The molecule has 0 bridgehead atoms. The topological polar surface area (TPSA) is 81.7 Å². The van der Waals surface area contributed by atoms with Crippen LogP contribution in [0.3, 0.4) is 0 Å². The van der Waals surface area contributed by atoms with Gasteiger partial charge in [0.05, 0.1) is 23.7 Å². The van der Waals surface area contributed by atoms with Crippen molar-refractivity contribution in [3.05, 3.63) is 59.1 Å². The summed E-state index contributed by atoms with van der Waals surface area (Å²) in [5.41, 5.74) is 0.305. The van der Waals surface area contributed by atoms with Gasteiger partial charge in [0.1, 0.15) is 5.75 Å². The molecule has 0 amide bonds. The van der Waals surface area contributed by atoms with Crippen molar-refractivity contribution >= 4 is 27.6 Å². The van der Waals surface area contributed by atoms with E-state index in [0.29, 0.717) is 29.4 Å². The number of carbonyl (C=O) groups excluding carboxylic acids is 1. The van der Waals surface area contributed by atoms with E-state index in [2.05, 4.69) is 4.72 Å². The molecule has 144 valence electrons. The fourth-order valence-corrected chi connectivity index (χ4v) is 3.72. The number of sulfonamides is 1. The van der Waals surface area contributed by atoms with Crippen molar-refractivity contribution in [1.82, 2.24) is 4.72 Å². The van der Waals surface area contributed by atoms with Crippen LogP contribution in [0, 0.1) is 0 Å². The Labute approximate surface area is 163 Å². The van der Waals surface area contributed by atoms with Crippen molar-refractivity contribution in [2.45, 2.75) is 30.2 Å². The number of rotatable bonds is 9. The van der Waals surface area contributed by atoms with Crippen LogP contribution < -0.4 is 9.46 Å². The third-order valence-corrected chi connectivity index (χ3v) is 5.69. The fraction of sp³-hybridized carbons (Fsp3) is 0.316. The predicted molar refractivity (Wildman–Crippen MR) is 102 cm³/mol. The second kappa shape index (κ2) is 8.73. The highest BCUT2D eigenvalue weighted by Gasteiger charge is 2.28. The normalized spacial score (nSPS) is 14.0. The van der Waals surface area contributed by atoms with E-state index in [1.165, 1.54) is 24.3 Å². The molecule has 6 nitrogen and oxygen atoms in total. The highest BCUT2D eigenvalue weighted by Crippen LogP contribution is 2.22. The monoisotopic (exact) mass is 409 g/mol. The maximum absolute atomic E-state index is 12.1. The summed E-state index contributed by atoms with van der Waals surface area (Å²) in [5.74, 6) is 0.197. The molecule has 0 spiro atoms. The first-order valence-electron chi connectivity index (χ1n) is 8.62. The Hall–Kier alpha value is -2.09. The number of carbonyl (C=O) groups is 1. The third kappa shape index (κ3) is 5.95. The minimum absolute atomic E-state index is 0.0368. The molecule has 1 aliphatic rings. The molecule has 2 aromatic carbocycles. The van der Waals surface area contributed by atoms with Crippen molar-refractivity contribution in [3.8, 4) is 5.75 Å². The molecule has 1 fully saturated rings. The van der Waals surface area contributed by atoms with E-state index in [0.717, 1.165) is 12.8 Å². The highest BCUT2D eigenvalue weighted by atomic mass is 35.5. The van der Waals surface area contributed by atoms with Gasteiger partial charge >= 0.3 is 5.97 Å². The molecule has 0 unspecified atom stereocenters. The Morgan fingerprint density at radius 1 is 1.04 bits per heavy atom. The van der Waals surface area contributed by atoms with Crippen LogP contribution in [0.15, 0.2) is 53.4 Å². The molecule has 27 heavy (non-hydrogen) atoms. The van der Waals surface area contributed by atoms with E-state index in [9.17, 15) is 13.2 Å². The standard InChI is InChI=1S/C19H20ClNO5S/c20-15-4-8-17(9-5-15)25-12-1-13-26-19(22)14-2-10-18(11-3-14)27(23,24)21-16-6-7-16/h2-5,8-11,16,21H,1,6-7,12-13H2. The van der Waals surface area contributed by atoms with Crippen LogP contribution in [0.1, 0.15) is 29.6 Å². The number of nitrogens with one attached hydrogen (secondary N) is 1. The van der Waals surface area contributed by atoms with Crippen LogP contribution in [0.2, 0.25) is 5.02 Å². The quantitative estimate of drug-likeness (QED) is 0.507. The summed E-state index contributed by atoms with van der Waals surface area (Å²) in [4.78, 5) is 12.2. The first-order chi connectivity index (χ1) is 12.9. The molecular weight excluding hydrogens is 390 g/mol. The average Bonchev–Trinajstić information content (AvgIpc) is 3.46. The first kappa shape index (κ1) is 19.7. The van der Waals surface area contributed by atoms with Gasteiger partial charge < -0.3 is 9.47 Å². The van der Waals surface area contributed by atoms with E-state index >= 15 is 0 Å². The summed E-state index contributed by atoms with van der Waals surface area (Å²) in [6, 6.07) is 12.8. The molecular formula is C19H20ClNO5S. The van der Waals surface area contributed by atoms with Gasteiger partial charge in [-0.25, -0.2) is 17.9 Å². The van der Waals surface area contributed by atoms with Crippen LogP contribution >= 0.6 is 11.6 Å². The van der Waals surface area contributed by atoms with E-state index in [1.54, 1.807) is 24.3 Å². The first-order valence-corrected chi connectivity index (χ1v) is 10.5. The molecule has 0 aromatic heterocycles. The number of halogens is 1. The summed E-state index contributed by atoms with van der Waals surface area (Å²) < 4.78 is 37.5. The zero-order valence-electron chi connectivity index (χ0n) is 14.6. The Balaban J connectivity index is 1.42. The van der Waals surface area contributed by atoms with Gasteiger partial charge in [-0.3, -0.25) is 0 Å². The van der Waals surface area contributed by atoms with Crippen LogP contribution in [0.4, 0.5) is 0 Å². The number of hydrogen-bond acceptors (Lipinski definition) is 5. The van der Waals surface area contributed by atoms with Gasteiger partial charge in [0, 0.05) is 17.5 Å². The molecule has 1 saturated carbocycles. The molecule has 8 heteroatoms. The van der Waals surface area contributed by atoms with Gasteiger partial charge in [0.2, 0.25) is 10.0 Å². The molecule has 0 heterocycles. The lowest BCUT2D eigenvalue weighted by molar-refractivity contribution is 0.0486. The maximum atomic E-state index is 12.1. The van der Waals surface area contributed by atoms with E-state index in [-0.39, 0.29) is 17.5 Å². The summed E-state index contributed by atoms with van der Waals surface area (Å²) >= 11 is 5.80. The Bertz CT molecular complexity index is 877. The van der Waals surface area contributed by atoms with Gasteiger partial charge in [0.15, 0.2) is 0 Å². The highest BCUT2D eigenvalue weighted by molar-refractivity contribution is 7.89. The lowest BCUT2D eigenvalue weighted by Gasteiger charge is -2.08. The van der Waals surface area contributed by atoms with E-state index in [4.69, 9.17) is 21.1 Å². The molecule has 0 radical (unpaired) electrons. The van der Waals surface area contributed by atoms with Gasteiger partial charge in [-0.1, -0.05) is 11.6 Å². The Morgan fingerprint density at radius 3 is 2.33 bits per heavy atom. The summed E-state index contributed by atoms with van der Waals surface area (Å²) in [5, 5.41) is 0.637. The summed E-state index contributed by atoms with van der Waals surface area (Å²) in [6.07, 6.45) is 2.27. The number of ether oxygens (including phenoxy) is 2. The lowest BCUT2D eigenvalue weighted by atomic mass is 10.2. The number of hydrogen-bond donors (Lipinski definition) is 1. The van der Waals surface area contributed by atoms with Crippen molar-refractivity contribution in [2.24, 2.45) is 0 Å². The molecule has 0 atom stereocenters. The van der Waals surface area contributed by atoms with Crippen molar-refractivity contribution in [2.75, 3.05) is 13.2 Å². The van der Waals surface area contributed by atoms with Gasteiger partial charge in [-0.05, 0) is 61.4 Å². The van der Waals surface area contributed by atoms with Gasteiger partial charge in [-0.2, -0.15) is 0 Å². The van der Waals surface area contributed by atoms with Crippen LogP contribution in [-0.2, 0) is 14.8 Å². The number of esters is 1. The van der Waals surface area contributed by atoms with Crippen molar-refractivity contribution in [3.63, 3.8) is 0 Å². The second-order valence-electron chi connectivity index (χ2n) is 6.21. The maximum Gasteiger partial charge on any atom is 0.338 e. The Kier molecular flexibility index (Phi) is 6.36. The van der Waals surface area contributed by atoms with Gasteiger partial charge in [0.25, 0.3) is 0 Å². The van der Waals surface area contributed by atoms with Crippen molar-refractivity contribution < 1.29 is 22.7 Å². The summed E-state index contributed by atoms with van der Waals surface area (Å²) in [6.45, 7) is 0.606. The molecule has 1 aliphatic carbocycles. The SMILES string of the molecule is O=C(OCCCOc1ccc(Cl)cc1)c1ccc(S(=O)(=O)NC2CC2)cc1. The molecule has 1 N–H and O–H groups in total. The second-order valence-corrected chi connectivity index (χ2v) is 8.36. The molecule has 3 rings (SSSR count). The molecule has 2 aromatic rings. The third-order valence-electron chi connectivity index (χ3n) is 3.90. The fourth-order valence-electron chi connectivity index (χ4n) is 2.29. The van der Waals surface area contributed by atoms with E-state index in [1.807, 2.05) is 0 Å². The average molecular weight is 410 g/mol. The lowest BCUT2D eigenvalue weighted by Crippen LogP contribution is -2.25. The van der Waals surface area contributed by atoms with Crippen LogP contribution in [0.5, 0.6) is 5.75 Å². The van der Waals surface area contributed by atoms with Crippen LogP contribution in [-0.4, -0.2) is 33.6 Å². The van der Waals surface area contributed by atoms with Crippen LogP contribution in [0.25, 0.3) is 0 Å².